The van der Waals surface area contributed by atoms with Gasteiger partial charge in [0.25, 0.3) is 5.91 Å². The third-order valence-corrected chi connectivity index (χ3v) is 4.40. The Kier molecular flexibility index (Phi) is 4.63. The quantitative estimate of drug-likeness (QED) is 0.574. The van der Waals surface area contributed by atoms with E-state index in [1.54, 1.807) is 49.1 Å². The van der Waals surface area contributed by atoms with E-state index in [1.165, 1.54) is 16.9 Å². The lowest BCUT2D eigenvalue weighted by molar-refractivity contribution is 0.102. The fourth-order valence-corrected chi connectivity index (χ4v) is 3.05. The van der Waals surface area contributed by atoms with Crippen molar-refractivity contribution in [3.63, 3.8) is 0 Å². The van der Waals surface area contributed by atoms with E-state index >= 15 is 0 Å². The standard InChI is InChI=1S/C20H16F2N6O/c1-12-19(13(2)28(26-12)17-6-4-14(21)10-16(17)22)20(29)25-15-5-7-18(23-11-15)27-9-3-8-24-27/h3-11H,1-2H3,(H,25,29). The summed E-state index contributed by atoms with van der Waals surface area (Å²) in [6.07, 6.45) is 4.92. The first-order chi connectivity index (χ1) is 13.9. The Hall–Kier alpha value is -3.88. The van der Waals surface area contributed by atoms with E-state index in [1.807, 2.05) is 0 Å². The van der Waals surface area contributed by atoms with E-state index in [9.17, 15) is 13.6 Å². The Morgan fingerprint density at radius 2 is 1.97 bits per heavy atom. The number of carbonyl (C=O) groups excluding carboxylic acids is 1. The molecule has 0 radical (unpaired) electrons. The summed E-state index contributed by atoms with van der Waals surface area (Å²) in [4.78, 5) is 17.1. The first-order valence-corrected chi connectivity index (χ1v) is 8.73. The number of benzene rings is 1. The maximum atomic E-state index is 14.1. The molecule has 3 aromatic heterocycles. The van der Waals surface area contributed by atoms with E-state index in [-0.39, 0.29) is 5.69 Å². The minimum Gasteiger partial charge on any atom is -0.320 e. The number of carbonyl (C=O) groups is 1. The molecule has 0 saturated carbocycles. The molecule has 0 aliphatic heterocycles. The average molecular weight is 394 g/mol. The second kappa shape index (κ2) is 7.27. The zero-order valence-corrected chi connectivity index (χ0v) is 15.6. The van der Waals surface area contributed by atoms with Gasteiger partial charge in [0.1, 0.15) is 11.5 Å². The van der Waals surface area contributed by atoms with Crippen LogP contribution in [0.15, 0.2) is 55.0 Å². The lowest BCUT2D eigenvalue weighted by Crippen LogP contribution is -2.14. The summed E-state index contributed by atoms with van der Waals surface area (Å²) < 4.78 is 30.2. The van der Waals surface area contributed by atoms with Crippen molar-refractivity contribution in [1.82, 2.24) is 24.5 Å². The predicted octanol–water partition coefficient (Wildman–Crippen LogP) is 3.60. The molecule has 0 fully saturated rings. The van der Waals surface area contributed by atoms with Gasteiger partial charge in [-0.1, -0.05) is 0 Å². The molecule has 4 aromatic rings. The largest absolute Gasteiger partial charge is 0.320 e. The Morgan fingerprint density at radius 1 is 1.14 bits per heavy atom. The number of nitrogens with one attached hydrogen (secondary N) is 1. The van der Waals surface area contributed by atoms with Crippen molar-refractivity contribution in [2.45, 2.75) is 13.8 Å². The molecule has 0 atom stereocenters. The highest BCUT2D eigenvalue weighted by atomic mass is 19.1. The van der Waals surface area contributed by atoms with Gasteiger partial charge in [-0.15, -0.1) is 0 Å². The second-order valence-corrected chi connectivity index (χ2v) is 6.36. The lowest BCUT2D eigenvalue weighted by Gasteiger charge is -2.08. The van der Waals surface area contributed by atoms with Crippen LogP contribution in [0, 0.1) is 25.5 Å². The SMILES string of the molecule is Cc1nn(-c2ccc(F)cc2F)c(C)c1C(=O)Nc1ccc(-n2cccn2)nc1. The number of nitrogens with zero attached hydrogens (tertiary/aromatic N) is 5. The zero-order valence-electron chi connectivity index (χ0n) is 15.6. The van der Waals surface area contributed by atoms with Crippen LogP contribution in [0.25, 0.3) is 11.5 Å². The van der Waals surface area contributed by atoms with Crippen LogP contribution in [-0.4, -0.2) is 30.5 Å². The van der Waals surface area contributed by atoms with Gasteiger partial charge in [-0.2, -0.15) is 10.2 Å². The molecule has 4 rings (SSSR count). The summed E-state index contributed by atoms with van der Waals surface area (Å²) in [6.45, 7) is 3.30. The normalized spacial score (nSPS) is 10.9. The maximum absolute atomic E-state index is 14.1. The van der Waals surface area contributed by atoms with Crippen LogP contribution >= 0.6 is 0 Å². The summed E-state index contributed by atoms with van der Waals surface area (Å²) in [6, 6.07) is 8.41. The summed E-state index contributed by atoms with van der Waals surface area (Å²) in [5.74, 6) is -1.24. The number of hydrogen-bond acceptors (Lipinski definition) is 4. The average Bonchev–Trinajstić information content (AvgIpc) is 3.31. The highest BCUT2D eigenvalue weighted by Crippen LogP contribution is 2.22. The molecular weight excluding hydrogens is 378 g/mol. The Bertz CT molecular complexity index is 1180. The van der Waals surface area contributed by atoms with Gasteiger partial charge in [0, 0.05) is 18.5 Å². The molecule has 1 aromatic carbocycles. The van der Waals surface area contributed by atoms with Crippen molar-refractivity contribution in [2.24, 2.45) is 0 Å². The first-order valence-electron chi connectivity index (χ1n) is 8.73. The molecule has 146 valence electrons. The molecule has 3 heterocycles. The predicted molar refractivity (Wildman–Crippen MR) is 102 cm³/mol. The highest BCUT2D eigenvalue weighted by Gasteiger charge is 2.21. The smallest absolute Gasteiger partial charge is 0.259 e. The van der Waals surface area contributed by atoms with Crippen molar-refractivity contribution in [1.29, 1.82) is 0 Å². The number of pyridine rings is 1. The number of aryl methyl sites for hydroxylation is 1. The fraction of sp³-hybridized carbons (Fsp3) is 0.100. The number of amides is 1. The van der Waals surface area contributed by atoms with Gasteiger partial charge in [-0.05, 0) is 44.2 Å². The zero-order chi connectivity index (χ0) is 20.5. The fourth-order valence-electron chi connectivity index (χ4n) is 3.05. The molecule has 0 spiro atoms. The van der Waals surface area contributed by atoms with Crippen molar-refractivity contribution in [3.05, 3.63) is 83.6 Å². The summed E-state index contributed by atoms with van der Waals surface area (Å²) in [5.41, 5.74) is 1.73. The van der Waals surface area contributed by atoms with Crippen LogP contribution in [0.2, 0.25) is 0 Å². The molecular formula is C20H16F2N6O. The van der Waals surface area contributed by atoms with Gasteiger partial charge in [0.2, 0.25) is 0 Å². The summed E-state index contributed by atoms with van der Waals surface area (Å²) >= 11 is 0. The first kappa shape index (κ1) is 18.5. The van der Waals surface area contributed by atoms with Crippen LogP contribution in [0.1, 0.15) is 21.7 Å². The van der Waals surface area contributed by atoms with Crippen LogP contribution in [0.4, 0.5) is 14.5 Å². The molecule has 29 heavy (non-hydrogen) atoms. The van der Waals surface area contributed by atoms with Crippen LogP contribution < -0.4 is 5.32 Å². The molecule has 1 N–H and O–H groups in total. The van der Waals surface area contributed by atoms with E-state index in [0.717, 1.165) is 12.1 Å². The molecule has 0 bridgehead atoms. The molecule has 1 amide bonds. The molecule has 0 unspecified atom stereocenters. The highest BCUT2D eigenvalue weighted by molar-refractivity contribution is 6.05. The Morgan fingerprint density at radius 3 is 2.62 bits per heavy atom. The van der Waals surface area contributed by atoms with Crippen LogP contribution in [-0.2, 0) is 0 Å². The topological polar surface area (TPSA) is 77.6 Å². The number of hydrogen-bond donors (Lipinski definition) is 1. The van der Waals surface area contributed by atoms with Crippen LogP contribution in [0.5, 0.6) is 0 Å². The molecule has 7 nitrogen and oxygen atoms in total. The molecule has 0 aliphatic carbocycles. The van der Waals surface area contributed by atoms with Crippen LogP contribution in [0.3, 0.4) is 0 Å². The van der Waals surface area contributed by atoms with Crippen molar-refractivity contribution in [2.75, 3.05) is 5.32 Å². The third kappa shape index (κ3) is 3.49. The number of halogens is 2. The van der Waals surface area contributed by atoms with E-state index < -0.39 is 17.5 Å². The van der Waals surface area contributed by atoms with E-state index in [0.29, 0.717) is 28.5 Å². The van der Waals surface area contributed by atoms with Gasteiger partial charge in [-0.25, -0.2) is 23.1 Å². The van der Waals surface area contributed by atoms with Gasteiger partial charge in [0.05, 0.1) is 28.8 Å². The lowest BCUT2D eigenvalue weighted by atomic mass is 10.1. The maximum Gasteiger partial charge on any atom is 0.259 e. The minimum absolute atomic E-state index is 0.0660. The molecule has 0 aliphatic rings. The number of anilines is 1. The Balaban J connectivity index is 1.60. The summed E-state index contributed by atoms with van der Waals surface area (Å²) in [7, 11) is 0. The monoisotopic (exact) mass is 394 g/mol. The van der Waals surface area contributed by atoms with Gasteiger partial charge < -0.3 is 5.32 Å². The number of rotatable bonds is 4. The van der Waals surface area contributed by atoms with Crippen molar-refractivity contribution >= 4 is 11.6 Å². The summed E-state index contributed by atoms with van der Waals surface area (Å²) in [5, 5.41) is 11.1. The van der Waals surface area contributed by atoms with Gasteiger partial charge in [-0.3, -0.25) is 4.79 Å². The van der Waals surface area contributed by atoms with E-state index in [2.05, 4.69) is 20.5 Å². The van der Waals surface area contributed by atoms with Crippen molar-refractivity contribution in [3.8, 4) is 11.5 Å². The van der Waals surface area contributed by atoms with E-state index in [4.69, 9.17) is 0 Å². The second-order valence-electron chi connectivity index (χ2n) is 6.36. The van der Waals surface area contributed by atoms with Gasteiger partial charge in [0.15, 0.2) is 11.6 Å². The molecule has 9 heteroatoms. The van der Waals surface area contributed by atoms with Crippen molar-refractivity contribution < 1.29 is 13.6 Å². The van der Waals surface area contributed by atoms with Gasteiger partial charge >= 0.3 is 0 Å². The number of aromatic nitrogens is 5. The third-order valence-electron chi connectivity index (χ3n) is 4.40. The minimum atomic E-state index is -0.763. The molecule has 0 saturated heterocycles. The Labute approximate surface area is 164 Å².